The average molecular weight is 503 g/mol. The van der Waals surface area contributed by atoms with Gasteiger partial charge in [-0.25, -0.2) is 4.98 Å². The Kier molecular flexibility index (Phi) is 7.13. The van der Waals surface area contributed by atoms with Crippen molar-refractivity contribution in [1.29, 1.82) is 0 Å². The van der Waals surface area contributed by atoms with E-state index in [1.807, 2.05) is 37.4 Å². The molecule has 0 aliphatic carbocycles. The van der Waals surface area contributed by atoms with Crippen molar-refractivity contribution in [2.45, 2.75) is 32.4 Å². The van der Waals surface area contributed by atoms with Crippen LogP contribution in [-0.4, -0.2) is 67.6 Å². The highest BCUT2D eigenvalue weighted by molar-refractivity contribution is 5.98. The van der Waals surface area contributed by atoms with Gasteiger partial charge >= 0.3 is 0 Å². The number of halogens is 1. The zero-order valence-corrected chi connectivity index (χ0v) is 21.7. The number of hydrogen-bond donors (Lipinski definition) is 3. The van der Waals surface area contributed by atoms with Gasteiger partial charge in [-0.05, 0) is 68.3 Å². The molecule has 0 radical (unpaired) electrons. The first-order chi connectivity index (χ1) is 17.8. The third-order valence-electron chi connectivity index (χ3n) is 7.51. The number of nitrogens with one attached hydrogen (secondary N) is 2. The maximum Gasteiger partial charge on any atom is 0.251 e. The summed E-state index contributed by atoms with van der Waals surface area (Å²) < 4.78 is 15.0. The fourth-order valence-corrected chi connectivity index (χ4v) is 5.39. The predicted octanol–water partition coefficient (Wildman–Crippen LogP) is 3.54. The Bertz CT molecular complexity index is 1280. The number of pyridine rings is 1. The summed E-state index contributed by atoms with van der Waals surface area (Å²) in [6, 6.07) is 16.0. The molecule has 0 bridgehead atoms. The lowest BCUT2D eigenvalue weighted by molar-refractivity contribution is 0.0925. The molecule has 8 heteroatoms. The molecule has 5 rings (SSSR count). The van der Waals surface area contributed by atoms with Crippen molar-refractivity contribution in [2.24, 2.45) is 0 Å². The molecular weight excluding hydrogens is 467 g/mol. The van der Waals surface area contributed by atoms with Crippen molar-refractivity contribution in [3.05, 3.63) is 65.6 Å². The first-order valence-corrected chi connectivity index (χ1v) is 13.0. The highest BCUT2D eigenvalue weighted by Crippen LogP contribution is 2.34. The van der Waals surface area contributed by atoms with Crippen LogP contribution in [0, 0.1) is 5.95 Å². The van der Waals surface area contributed by atoms with Gasteiger partial charge in [0, 0.05) is 67.2 Å². The molecule has 7 nitrogen and oxygen atoms in total. The number of aromatic nitrogens is 1. The van der Waals surface area contributed by atoms with E-state index in [-0.39, 0.29) is 17.8 Å². The minimum atomic E-state index is -0.592. The number of anilines is 2. The minimum Gasteiger partial charge on any atom is -0.383 e. The molecule has 1 aromatic heterocycles. The first-order valence-electron chi connectivity index (χ1n) is 13.0. The Morgan fingerprint density at radius 2 is 1.73 bits per heavy atom. The van der Waals surface area contributed by atoms with Gasteiger partial charge < -0.3 is 21.3 Å². The Morgan fingerprint density at radius 1 is 1.03 bits per heavy atom. The van der Waals surface area contributed by atoms with Crippen LogP contribution in [0.15, 0.2) is 48.5 Å². The number of carbonyl (C=O) groups is 1. The molecule has 0 spiro atoms. The molecule has 1 unspecified atom stereocenters. The minimum absolute atomic E-state index is 0.0198. The lowest BCUT2D eigenvalue weighted by atomic mass is 9.91. The summed E-state index contributed by atoms with van der Waals surface area (Å²) in [5, 5.41) is 6.14. The van der Waals surface area contributed by atoms with Crippen molar-refractivity contribution >= 4 is 17.4 Å². The molecule has 3 heterocycles. The van der Waals surface area contributed by atoms with Crippen LogP contribution in [0.3, 0.4) is 0 Å². The standard InChI is InChI=1S/C29H35FN6O/c1-18(2)35-10-12-36(13-11-35)23-7-4-19(5-8-23)25-16-26(28(31)34-27(25)30)20-6-9-24-21(14-20)15-22(17-32-3)33-29(24)37/h4-9,14,16,18,22,32H,10-13,15,17H2,1-3H3,(H2,31,34)(H,33,37). The predicted molar refractivity (Wildman–Crippen MR) is 147 cm³/mol. The second-order valence-corrected chi connectivity index (χ2v) is 10.2. The van der Waals surface area contributed by atoms with E-state index in [4.69, 9.17) is 5.73 Å². The number of carbonyl (C=O) groups excluding carboxylic acids is 1. The van der Waals surface area contributed by atoms with Gasteiger partial charge in [-0.1, -0.05) is 24.3 Å². The van der Waals surface area contributed by atoms with Crippen LogP contribution in [-0.2, 0) is 6.42 Å². The van der Waals surface area contributed by atoms with Crippen molar-refractivity contribution in [2.75, 3.05) is 50.4 Å². The van der Waals surface area contributed by atoms with E-state index in [9.17, 15) is 9.18 Å². The topological polar surface area (TPSA) is 86.5 Å². The molecular formula is C29H35FN6O. The van der Waals surface area contributed by atoms with Crippen LogP contribution >= 0.6 is 0 Å². The number of nitrogen functional groups attached to an aromatic ring is 1. The molecule has 37 heavy (non-hydrogen) atoms. The van der Waals surface area contributed by atoms with Gasteiger partial charge in [0.15, 0.2) is 0 Å². The summed E-state index contributed by atoms with van der Waals surface area (Å²) in [7, 11) is 1.86. The summed E-state index contributed by atoms with van der Waals surface area (Å²) in [4.78, 5) is 21.4. The molecule has 1 atom stereocenters. The van der Waals surface area contributed by atoms with Crippen LogP contribution in [0.5, 0.6) is 0 Å². The van der Waals surface area contributed by atoms with Crippen LogP contribution in [0.1, 0.15) is 29.8 Å². The molecule has 0 saturated carbocycles. The second-order valence-electron chi connectivity index (χ2n) is 10.2. The molecule has 3 aromatic rings. The van der Waals surface area contributed by atoms with E-state index >= 15 is 0 Å². The summed E-state index contributed by atoms with van der Waals surface area (Å²) in [5.74, 6) is -0.538. The summed E-state index contributed by atoms with van der Waals surface area (Å²) in [6.45, 7) is 9.18. The lowest BCUT2D eigenvalue weighted by Gasteiger charge is -2.38. The number of benzene rings is 2. The van der Waals surface area contributed by atoms with Gasteiger partial charge in [-0.3, -0.25) is 9.69 Å². The van der Waals surface area contributed by atoms with Gasteiger partial charge in [0.1, 0.15) is 5.82 Å². The first kappa shape index (κ1) is 25.2. The number of nitrogens with zero attached hydrogens (tertiary/aromatic N) is 3. The zero-order chi connectivity index (χ0) is 26.1. The quantitative estimate of drug-likeness (QED) is 0.447. The maximum absolute atomic E-state index is 15.0. The molecule has 1 amide bonds. The van der Waals surface area contributed by atoms with E-state index in [0.29, 0.717) is 35.7 Å². The molecule has 1 fully saturated rings. The van der Waals surface area contributed by atoms with Crippen molar-refractivity contribution in [3.63, 3.8) is 0 Å². The van der Waals surface area contributed by atoms with E-state index in [0.717, 1.165) is 48.6 Å². The van der Waals surface area contributed by atoms with Gasteiger partial charge in [-0.15, -0.1) is 0 Å². The summed E-state index contributed by atoms with van der Waals surface area (Å²) >= 11 is 0. The highest BCUT2D eigenvalue weighted by Gasteiger charge is 2.25. The fourth-order valence-electron chi connectivity index (χ4n) is 5.39. The van der Waals surface area contributed by atoms with Crippen molar-refractivity contribution in [3.8, 4) is 22.3 Å². The summed E-state index contributed by atoms with van der Waals surface area (Å²) in [5.41, 5.74) is 11.6. The van der Waals surface area contributed by atoms with E-state index in [1.54, 1.807) is 6.07 Å². The van der Waals surface area contributed by atoms with Crippen LogP contribution in [0.2, 0.25) is 0 Å². The van der Waals surface area contributed by atoms with Gasteiger partial charge in [0.05, 0.1) is 0 Å². The summed E-state index contributed by atoms with van der Waals surface area (Å²) in [6.07, 6.45) is 0.712. The third kappa shape index (κ3) is 5.17. The molecule has 2 aliphatic rings. The monoisotopic (exact) mass is 502 g/mol. The smallest absolute Gasteiger partial charge is 0.251 e. The zero-order valence-electron chi connectivity index (χ0n) is 21.7. The number of hydrogen-bond acceptors (Lipinski definition) is 6. The van der Waals surface area contributed by atoms with E-state index in [2.05, 4.69) is 51.4 Å². The SMILES string of the molecule is CNCC1Cc2cc(-c3cc(-c4ccc(N5CCN(C(C)C)CC5)cc4)c(F)nc3N)ccc2C(=O)N1. The molecule has 2 aliphatic heterocycles. The van der Waals surface area contributed by atoms with Gasteiger partial charge in [0.25, 0.3) is 5.91 Å². The average Bonchev–Trinajstić information content (AvgIpc) is 2.89. The number of rotatable bonds is 6. The Hall–Kier alpha value is -3.49. The molecule has 2 aromatic carbocycles. The van der Waals surface area contributed by atoms with Crippen LogP contribution in [0.25, 0.3) is 22.3 Å². The normalized spacial score (nSPS) is 18.1. The number of likely N-dealkylation sites (N-methyl/N-ethyl adjacent to an activating group) is 1. The van der Waals surface area contributed by atoms with Gasteiger partial charge in [-0.2, -0.15) is 4.39 Å². The Morgan fingerprint density at radius 3 is 2.41 bits per heavy atom. The fraction of sp³-hybridized carbons (Fsp3) is 0.379. The lowest BCUT2D eigenvalue weighted by Crippen LogP contribution is -2.48. The van der Waals surface area contributed by atoms with E-state index < -0.39 is 5.95 Å². The highest BCUT2D eigenvalue weighted by atomic mass is 19.1. The third-order valence-corrected chi connectivity index (χ3v) is 7.51. The van der Waals surface area contributed by atoms with Crippen molar-refractivity contribution < 1.29 is 9.18 Å². The molecule has 4 N–H and O–H groups in total. The van der Waals surface area contributed by atoms with Crippen LogP contribution < -0.4 is 21.3 Å². The van der Waals surface area contributed by atoms with Crippen LogP contribution in [0.4, 0.5) is 15.9 Å². The Balaban J connectivity index is 1.41. The number of piperazine rings is 1. The second kappa shape index (κ2) is 10.5. The molecule has 194 valence electrons. The maximum atomic E-state index is 15.0. The number of nitrogens with two attached hydrogens (primary N) is 1. The van der Waals surface area contributed by atoms with Gasteiger partial charge in [0.2, 0.25) is 5.95 Å². The Labute approximate surface area is 217 Å². The largest absolute Gasteiger partial charge is 0.383 e. The van der Waals surface area contributed by atoms with Crippen molar-refractivity contribution in [1.82, 2.24) is 20.5 Å². The number of amides is 1. The van der Waals surface area contributed by atoms with E-state index in [1.165, 1.54) is 0 Å². The number of fused-ring (bicyclic) bond motifs is 1. The molecule has 1 saturated heterocycles.